The van der Waals surface area contributed by atoms with Gasteiger partial charge in [-0.3, -0.25) is 0 Å². The second-order valence-corrected chi connectivity index (χ2v) is 4.79. The SMILES string of the molecule is CSCC[C@@H](NC(=O)NCC=C(C)C)C(=O)O. The van der Waals surface area contributed by atoms with Crippen molar-refractivity contribution < 1.29 is 14.7 Å². The van der Waals surface area contributed by atoms with Crippen LogP contribution < -0.4 is 10.6 Å². The van der Waals surface area contributed by atoms with E-state index < -0.39 is 18.0 Å². The van der Waals surface area contributed by atoms with Crippen LogP contribution in [-0.2, 0) is 4.79 Å². The molecule has 0 saturated carbocycles. The van der Waals surface area contributed by atoms with Crippen molar-refractivity contribution in [2.45, 2.75) is 26.3 Å². The zero-order chi connectivity index (χ0) is 13.3. The van der Waals surface area contributed by atoms with Crippen LogP contribution in [0.3, 0.4) is 0 Å². The normalized spacial score (nSPS) is 11.5. The third kappa shape index (κ3) is 8.62. The van der Waals surface area contributed by atoms with Gasteiger partial charge < -0.3 is 15.7 Å². The molecule has 0 radical (unpaired) electrons. The number of carbonyl (C=O) groups excluding carboxylic acids is 1. The van der Waals surface area contributed by atoms with Gasteiger partial charge in [0.25, 0.3) is 0 Å². The smallest absolute Gasteiger partial charge is 0.326 e. The number of hydrogen-bond donors (Lipinski definition) is 3. The molecule has 0 bridgehead atoms. The van der Waals surface area contributed by atoms with E-state index in [1.54, 1.807) is 11.8 Å². The molecule has 5 nitrogen and oxygen atoms in total. The van der Waals surface area contributed by atoms with Gasteiger partial charge in [0.2, 0.25) is 0 Å². The maximum absolute atomic E-state index is 11.4. The number of rotatable bonds is 7. The summed E-state index contributed by atoms with van der Waals surface area (Å²) in [4.78, 5) is 22.2. The summed E-state index contributed by atoms with van der Waals surface area (Å²) in [6, 6.07) is -1.27. The number of allylic oxidation sites excluding steroid dienone is 1. The fourth-order valence-corrected chi connectivity index (χ4v) is 1.52. The van der Waals surface area contributed by atoms with Crippen LogP contribution >= 0.6 is 11.8 Å². The van der Waals surface area contributed by atoms with Gasteiger partial charge in [0.15, 0.2) is 0 Å². The number of carbonyl (C=O) groups is 2. The van der Waals surface area contributed by atoms with Crippen molar-refractivity contribution in [2.24, 2.45) is 0 Å². The van der Waals surface area contributed by atoms with Crippen molar-refractivity contribution in [3.05, 3.63) is 11.6 Å². The lowest BCUT2D eigenvalue weighted by molar-refractivity contribution is -0.139. The maximum Gasteiger partial charge on any atom is 0.326 e. The molecular formula is C11H20N2O3S. The lowest BCUT2D eigenvalue weighted by Crippen LogP contribution is -2.46. The summed E-state index contributed by atoms with van der Waals surface area (Å²) >= 11 is 1.55. The van der Waals surface area contributed by atoms with E-state index in [0.717, 1.165) is 5.57 Å². The second-order valence-electron chi connectivity index (χ2n) is 3.81. The Hall–Kier alpha value is -1.17. The van der Waals surface area contributed by atoms with Gasteiger partial charge in [0, 0.05) is 6.54 Å². The van der Waals surface area contributed by atoms with Gasteiger partial charge in [0.05, 0.1) is 0 Å². The highest BCUT2D eigenvalue weighted by Crippen LogP contribution is 2.00. The Bertz CT molecular complexity index is 288. The minimum atomic E-state index is -1.00. The number of carboxylic acids is 1. The Kier molecular flexibility index (Phi) is 8.31. The molecule has 0 aliphatic rings. The Labute approximate surface area is 106 Å². The standard InChI is InChI=1S/C11H20N2O3S/c1-8(2)4-6-12-11(16)13-9(10(14)15)5-7-17-3/h4,9H,5-7H2,1-3H3,(H,14,15)(H2,12,13,16)/t9-/m1/s1. The molecule has 2 amide bonds. The summed E-state index contributed by atoms with van der Waals surface area (Å²) in [5.74, 6) is -0.304. The summed E-state index contributed by atoms with van der Waals surface area (Å²) in [5, 5.41) is 13.9. The van der Waals surface area contributed by atoms with Gasteiger partial charge in [-0.25, -0.2) is 9.59 Å². The Morgan fingerprint density at radius 3 is 2.53 bits per heavy atom. The van der Waals surface area contributed by atoms with E-state index in [0.29, 0.717) is 18.7 Å². The van der Waals surface area contributed by atoms with E-state index in [4.69, 9.17) is 5.11 Å². The van der Waals surface area contributed by atoms with Crippen LogP contribution in [0.4, 0.5) is 4.79 Å². The van der Waals surface area contributed by atoms with E-state index in [-0.39, 0.29) is 0 Å². The zero-order valence-corrected chi connectivity index (χ0v) is 11.3. The molecule has 0 aromatic heterocycles. The minimum Gasteiger partial charge on any atom is -0.480 e. The predicted molar refractivity (Wildman–Crippen MR) is 70.4 cm³/mol. The largest absolute Gasteiger partial charge is 0.480 e. The first-order valence-electron chi connectivity index (χ1n) is 5.36. The third-order valence-corrected chi connectivity index (χ3v) is 2.63. The zero-order valence-electron chi connectivity index (χ0n) is 10.4. The van der Waals surface area contributed by atoms with E-state index in [9.17, 15) is 9.59 Å². The van der Waals surface area contributed by atoms with E-state index in [2.05, 4.69) is 10.6 Å². The number of urea groups is 1. The highest BCUT2D eigenvalue weighted by atomic mass is 32.2. The first-order chi connectivity index (χ1) is 7.97. The van der Waals surface area contributed by atoms with Crippen molar-refractivity contribution >= 4 is 23.8 Å². The number of amides is 2. The topological polar surface area (TPSA) is 78.4 Å². The number of aliphatic carboxylic acids is 1. The second kappa shape index (κ2) is 8.92. The molecule has 17 heavy (non-hydrogen) atoms. The molecule has 0 fully saturated rings. The van der Waals surface area contributed by atoms with Crippen molar-refractivity contribution in [1.82, 2.24) is 10.6 Å². The van der Waals surface area contributed by atoms with Gasteiger partial charge in [-0.1, -0.05) is 11.6 Å². The van der Waals surface area contributed by atoms with E-state index >= 15 is 0 Å². The molecule has 0 rings (SSSR count). The summed E-state index contributed by atoms with van der Waals surface area (Å²) < 4.78 is 0. The lowest BCUT2D eigenvalue weighted by Gasteiger charge is -2.14. The van der Waals surface area contributed by atoms with Crippen molar-refractivity contribution in [2.75, 3.05) is 18.6 Å². The Balaban J connectivity index is 4.03. The molecule has 1 atom stereocenters. The first kappa shape index (κ1) is 15.8. The maximum atomic E-state index is 11.4. The Morgan fingerprint density at radius 1 is 1.41 bits per heavy atom. The molecule has 98 valence electrons. The van der Waals surface area contributed by atoms with Crippen molar-refractivity contribution in [1.29, 1.82) is 0 Å². The van der Waals surface area contributed by atoms with Crippen LogP contribution in [0.15, 0.2) is 11.6 Å². The monoisotopic (exact) mass is 260 g/mol. The molecule has 3 N–H and O–H groups in total. The van der Waals surface area contributed by atoms with Gasteiger partial charge in [-0.15, -0.1) is 0 Å². The quantitative estimate of drug-likeness (QED) is 0.606. The molecule has 0 saturated heterocycles. The van der Waals surface area contributed by atoms with Crippen LogP contribution in [0.2, 0.25) is 0 Å². The molecule has 0 unspecified atom stereocenters. The molecule has 0 aromatic rings. The van der Waals surface area contributed by atoms with E-state index in [1.807, 2.05) is 26.2 Å². The molecule has 6 heteroatoms. The van der Waals surface area contributed by atoms with Crippen LogP contribution in [0.5, 0.6) is 0 Å². The van der Waals surface area contributed by atoms with Crippen LogP contribution in [0.1, 0.15) is 20.3 Å². The number of nitrogens with one attached hydrogen (secondary N) is 2. The third-order valence-electron chi connectivity index (χ3n) is 1.99. The highest BCUT2D eigenvalue weighted by Gasteiger charge is 2.18. The molecule has 0 spiro atoms. The number of thioether (sulfide) groups is 1. The van der Waals surface area contributed by atoms with Gasteiger partial charge in [-0.2, -0.15) is 11.8 Å². The van der Waals surface area contributed by atoms with E-state index in [1.165, 1.54) is 0 Å². The highest BCUT2D eigenvalue weighted by molar-refractivity contribution is 7.98. The van der Waals surface area contributed by atoms with Gasteiger partial charge >= 0.3 is 12.0 Å². The van der Waals surface area contributed by atoms with Crippen LogP contribution in [0.25, 0.3) is 0 Å². The molecule has 0 aliphatic heterocycles. The lowest BCUT2D eigenvalue weighted by atomic mass is 10.2. The fraction of sp³-hybridized carbons (Fsp3) is 0.636. The number of carboxylic acid groups (broad SMARTS) is 1. The van der Waals surface area contributed by atoms with Gasteiger partial charge in [-0.05, 0) is 32.3 Å². The predicted octanol–water partition coefficient (Wildman–Crippen LogP) is 1.46. The van der Waals surface area contributed by atoms with Gasteiger partial charge in [0.1, 0.15) is 6.04 Å². The number of hydrogen-bond acceptors (Lipinski definition) is 3. The fourth-order valence-electron chi connectivity index (χ4n) is 1.05. The molecular weight excluding hydrogens is 240 g/mol. The average Bonchev–Trinajstić information content (AvgIpc) is 2.23. The minimum absolute atomic E-state index is 0.406. The molecule has 0 aromatic carbocycles. The van der Waals surface area contributed by atoms with Crippen molar-refractivity contribution in [3.8, 4) is 0 Å². The summed E-state index contributed by atoms with van der Waals surface area (Å²) in [6.07, 6.45) is 4.18. The summed E-state index contributed by atoms with van der Waals surface area (Å²) in [7, 11) is 0. The van der Waals surface area contributed by atoms with Crippen LogP contribution in [-0.4, -0.2) is 41.7 Å². The van der Waals surface area contributed by atoms with Crippen molar-refractivity contribution in [3.63, 3.8) is 0 Å². The Morgan fingerprint density at radius 2 is 2.06 bits per heavy atom. The van der Waals surface area contributed by atoms with Crippen LogP contribution in [0, 0.1) is 0 Å². The average molecular weight is 260 g/mol. The summed E-state index contributed by atoms with van der Waals surface area (Å²) in [5.41, 5.74) is 1.10. The molecule has 0 aliphatic carbocycles. The first-order valence-corrected chi connectivity index (χ1v) is 6.76. The molecule has 0 heterocycles. The summed E-state index contributed by atoms with van der Waals surface area (Å²) in [6.45, 7) is 4.26.